The molecule has 0 aromatic carbocycles. The van der Waals surface area contributed by atoms with Gasteiger partial charge in [-0.05, 0) is 76.7 Å². The Morgan fingerprint density at radius 1 is 0.500 bits per heavy atom. The van der Waals surface area contributed by atoms with Crippen molar-refractivity contribution in [1.29, 1.82) is 0 Å². The van der Waals surface area contributed by atoms with E-state index < -0.39 is 20.0 Å². The Morgan fingerprint density at radius 2 is 0.871 bits per heavy atom. The fraction of sp³-hybridized carbons (Fsp3) is 0.800. The van der Waals surface area contributed by atoms with E-state index in [-0.39, 0.29) is 31.5 Å². The summed E-state index contributed by atoms with van der Waals surface area (Å²) in [6, 6.07) is -0.859. The predicted octanol–water partition coefficient (Wildman–Crippen LogP) is 17.5. The Hall–Kier alpha value is -2.29. The van der Waals surface area contributed by atoms with E-state index >= 15 is 0 Å². The van der Waals surface area contributed by atoms with E-state index in [0.29, 0.717) is 23.9 Å². The van der Waals surface area contributed by atoms with E-state index in [1.54, 1.807) is 0 Å². The molecule has 0 aliphatic rings. The molecule has 408 valence electrons. The molecule has 0 bridgehead atoms. The normalized spacial score (nSPS) is 14.2. The van der Waals surface area contributed by atoms with Crippen LogP contribution in [-0.2, 0) is 27.9 Å². The number of amides is 1. The Morgan fingerprint density at radius 3 is 1.34 bits per heavy atom. The number of unbranched alkanes of at least 4 members (excludes halogenated alkanes) is 28. The number of phosphoric ester groups is 1. The van der Waals surface area contributed by atoms with Crippen molar-refractivity contribution >= 4 is 19.7 Å². The SMILES string of the molecule is CCCCC/C=C\C/C=C\C/C=C\C/C=C\CCCCCC(=O)OC(/C=C/CCCCCCCCCCC)C(COP(=O)(O)OCC[N+](C)(C)C)NC(=O)CCCCCCCCCCCCCCCC. The maximum absolute atomic E-state index is 13.5. The minimum absolute atomic E-state index is 0.0346. The molecule has 0 spiro atoms. The summed E-state index contributed by atoms with van der Waals surface area (Å²) in [4.78, 5) is 37.6. The van der Waals surface area contributed by atoms with Gasteiger partial charge in [0.15, 0.2) is 0 Å². The lowest BCUT2D eigenvalue weighted by Gasteiger charge is -2.27. The van der Waals surface area contributed by atoms with Crippen molar-refractivity contribution in [2.24, 2.45) is 0 Å². The van der Waals surface area contributed by atoms with Crippen LogP contribution >= 0.6 is 7.82 Å². The molecule has 9 nitrogen and oxygen atoms in total. The molecule has 3 atom stereocenters. The van der Waals surface area contributed by atoms with Crippen LogP contribution in [0.1, 0.15) is 258 Å². The molecule has 0 radical (unpaired) electrons. The summed E-state index contributed by atoms with van der Waals surface area (Å²) in [5.74, 6) is -0.537. The van der Waals surface area contributed by atoms with Crippen LogP contribution in [0.3, 0.4) is 0 Å². The lowest BCUT2D eigenvalue weighted by atomic mass is 10.0. The second-order valence-electron chi connectivity index (χ2n) is 20.8. The minimum atomic E-state index is -4.45. The lowest BCUT2D eigenvalue weighted by molar-refractivity contribution is -0.870. The highest BCUT2D eigenvalue weighted by atomic mass is 31.2. The van der Waals surface area contributed by atoms with E-state index in [4.69, 9.17) is 13.8 Å². The molecule has 0 aromatic heterocycles. The Labute approximate surface area is 432 Å². The highest BCUT2D eigenvalue weighted by Crippen LogP contribution is 2.43. The lowest BCUT2D eigenvalue weighted by Crippen LogP contribution is -2.47. The fourth-order valence-electron chi connectivity index (χ4n) is 8.16. The van der Waals surface area contributed by atoms with Crippen LogP contribution in [0.5, 0.6) is 0 Å². The summed E-state index contributed by atoms with van der Waals surface area (Å²) in [7, 11) is 1.48. The van der Waals surface area contributed by atoms with Crippen molar-refractivity contribution in [2.45, 2.75) is 270 Å². The van der Waals surface area contributed by atoms with Gasteiger partial charge in [0.1, 0.15) is 19.3 Å². The summed E-state index contributed by atoms with van der Waals surface area (Å²) in [6.45, 7) is 6.96. The first kappa shape index (κ1) is 67.7. The largest absolute Gasteiger partial charge is 0.472 e. The molecule has 1 amide bonds. The van der Waals surface area contributed by atoms with Crippen LogP contribution in [0.15, 0.2) is 60.8 Å². The van der Waals surface area contributed by atoms with Gasteiger partial charge in [-0.15, -0.1) is 0 Å². The number of ether oxygens (including phenoxy) is 1. The van der Waals surface area contributed by atoms with Gasteiger partial charge in [0.2, 0.25) is 5.91 Å². The van der Waals surface area contributed by atoms with Crippen LogP contribution in [0.2, 0.25) is 0 Å². The Balaban J connectivity index is 5.35. The van der Waals surface area contributed by atoms with Crippen molar-refractivity contribution in [2.75, 3.05) is 40.9 Å². The third-order valence-electron chi connectivity index (χ3n) is 12.7. The quantitative estimate of drug-likeness (QED) is 0.0205. The molecular formula is C60H112N2O7P+. The molecule has 0 rings (SSSR count). The molecule has 0 saturated heterocycles. The van der Waals surface area contributed by atoms with Crippen LogP contribution in [0.25, 0.3) is 0 Å². The van der Waals surface area contributed by atoms with Gasteiger partial charge in [0, 0.05) is 12.8 Å². The van der Waals surface area contributed by atoms with Crippen molar-refractivity contribution in [3.63, 3.8) is 0 Å². The molecule has 0 fully saturated rings. The Bertz CT molecular complexity index is 1390. The molecular weight excluding hydrogens is 892 g/mol. The molecule has 10 heteroatoms. The van der Waals surface area contributed by atoms with Gasteiger partial charge >= 0.3 is 13.8 Å². The molecule has 0 aliphatic heterocycles. The predicted molar refractivity (Wildman–Crippen MR) is 300 cm³/mol. The van der Waals surface area contributed by atoms with Crippen molar-refractivity contribution < 1.29 is 37.3 Å². The van der Waals surface area contributed by atoms with Gasteiger partial charge in [-0.1, -0.05) is 230 Å². The van der Waals surface area contributed by atoms with E-state index in [1.807, 2.05) is 33.3 Å². The van der Waals surface area contributed by atoms with Crippen LogP contribution < -0.4 is 5.32 Å². The molecule has 70 heavy (non-hydrogen) atoms. The second-order valence-corrected chi connectivity index (χ2v) is 22.3. The van der Waals surface area contributed by atoms with Crippen molar-refractivity contribution in [3.8, 4) is 0 Å². The smallest absolute Gasteiger partial charge is 0.456 e. The summed E-state index contributed by atoms with van der Waals surface area (Å²) < 4.78 is 30.6. The average Bonchev–Trinajstić information content (AvgIpc) is 3.32. The third kappa shape index (κ3) is 50.6. The first-order chi connectivity index (χ1) is 33.9. The first-order valence-corrected chi connectivity index (χ1v) is 30.6. The number of quaternary nitrogens is 1. The van der Waals surface area contributed by atoms with Crippen molar-refractivity contribution in [3.05, 3.63) is 60.8 Å². The second kappa shape index (κ2) is 50.3. The number of nitrogens with one attached hydrogen (secondary N) is 1. The molecule has 0 heterocycles. The van der Waals surface area contributed by atoms with E-state index in [9.17, 15) is 19.0 Å². The van der Waals surface area contributed by atoms with Gasteiger partial charge in [0.05, 0.1) is 33.8 Å². The molecule has 0 aromatic rings. The zero-order valence-electron chi connectivity index (χ0n) is 46.5. The molecule has 3 unspecified atom stereocenters. The average molecular weight is 1000 g/mol. The standard InChI is InChI=1S/C60H111N2O7P/c1-7-10-13-16-19-22-25-27-29-30-31-32-33-35-38-41-44-47-50-53-60(64)69-58(51-48-45-42-39-36-24-21-18-15-12-9-3)57(56-68-70(65,66)67-55-54-62(4,5)6)61-59(63)52-49-46-43-40-37-34-28-26-23-20-17-14-11-8-2/h19,22,27,29,31-32,35,38,48,51,57-58H,7-18,20-21,23-26,28,30,33-34,36-37,39-47,49-50,52-56H2,1-6H3,(H-,61,63,65,66)/p+1/b22-19-,29-27-,32-31-,38-35-,51-48+. The molecule has 2 N–H and O–H groups in total. The number of nitrogens with zero attached hydrogens (tertiary/aromatic N) is 1. The van der Waals surface area contributed by atoms with Crippen LogP contribution in [0, 0.1) is 0 Å². The highest BCUT2D eigenvalue weighted by molar-refractivity contribution is 7.47. The number of hydrogen-bond acceptors (Lipinski definition) is 6. The Kier molecular flexibility index (Phi) is 48.6. The minimum Gasteiger partial charge on any atom is -0.456 e. The molecule has 0 aliphatic carbocycles. The number of rotatable bonds is 52. The maximum atomic E-state index is 13.5. The molecule has 0 saturated carbocycles. The van der Waals surface area contributed by atoms with Gasteiger partial charge in [-0.2, -0.15) is 0 Å². The highest BCUT2D eigenvalue weighted by Gasteiger charge is 2.30. The zero-order valence-corrected chi connectivity index (χ0v) is 47.4. The number of allylic oxidation sites excluding steroid dienone is 9. The number of carbonyl (C=O) groups excluding carboxylic acids is 2. The summed E-state index contributed by atoms with van der Waals surface area (Å²) >= 11 is 0. The maximum Gasteiger partial charge on any atom is 0.472 e. The number of phosphoric acid groups is 1. The number of carbonyl (C=O) groups is 2. The third-order valence-corrected chi connectivity index (χ3v) is 13.7. The number of likely N-dealkylation sites (N-methyl/N-ethyl adjacent to an activating group) is 1. The zero-order chi connectivity index (χ0) is 51.5. The van der Waals surface area contributed by atoms with Crippen LogP contribution in [-0.4, -0.2) is 74.3 Å². The number of esters is 1. The number of hydrogen-bond donors (Lipinski definition) is 2. The summed E-state index contributed by atoms with van der Waals surface area (Å²) in [6.07, 6.45) is 62.1. The van der Waals surface area contributed by atoms with E-state index in [1.165, 1.54) is 141 Å². The van der Waals surface area contributed by atoms with E-state index in [2.05, 4.69) is 74.7 Å². The topological polar surface area (TPSA) is 111 Å². The van der Waals surface area contributed by atoms with Crippen LogP contribution in [0.4, 0.5) is 0 Å². The first-order valence-electron chi connectivity index (χ1n) is 29.1. The van der Waals surface area contributed by atoms with Gasteiger partial charge in [-0.3, -0.25) is 18.6 Å². The van der Waals surface area contributed by atoms with E-state index in [0.717, 1.165) is 77.0 Å². The van der Waals surface area contributed by atoms with Gasteiger partial charge < -0.3 is 19.4 Å². The monoisotopic (exact) mass is 1000 g/mol. The van der Waals surface area contributed by atoms with Gasteiger partial charge in [-0.25, -0.2) is 4.57 Å². The summed E-state index contributed by atoms with van der Waals surface area (Å²) in [5.41, 5.74) is 0. The van der Waals surface area contributed by atoms with Crippen molar-refractivity contribution in [1.82, 2.24) is 5.32 Å². The summed E-state index contributed by atoms with van der Waals surface area (Å²) in [5, 5.41) is 3.04. The van der Waals surface area contributed by atoms with Gasteiger partial charge in [0.25, 0.3) is 0 Å². The fourth-order valence-corrected chi connectivity index (χ4v) is 8.89.